The van der Waals surface area contributed by atoms with Crippen LogP contribution in [0.4, 0.5) is 0 Å². The molecule has 1 saturated heterocycles. The van der Waals surface area contributed by atoms with E-state index >= 15 is 0 Å². The van der Waals surface area contributed by atoms with Gasteiger partial charge >= 0.3 is 11.9 Å². The minimum absolute atomic E-state index is 0.176. The molecule has 1 heterocycles. The molecule has 10 nitrogen and oxygen atoms in total. The van der Waals surface area contributed by atoms with Crippen molar-refractivity contribution in [3.05, 3.63) is 60.8 Å². The molecule has 1 fully saturated rings. The van der Waals surface area contributed by atoms with Crippen LogP contribution < -0.4 is 0 Å². The molecular weight excluding hydrogens is 797 g/mol. The highest BCUT2D eigenvalue weighted by atomic mass is 16.7. The summed E-state index contributed by atoms with van der Waals surface area (Å²) < 4.78 is 22.2. The average molecular weight is 889 g/mol. The molecule has 0 saturated carbocycles. The lowest BCUT2D eigenvalue weighted by atomic mass is 9.99. The third-order valence-corrected chi connectivity index (χ3v) is 11.4. The zero-order valence-electron chi connectivity index (χ0n) is 39.8. The molecule has 63 heavy (non-hydrogen) atoms. The van der Waals surface area contributed by atoms with Gasteiger partial charge in [-0.15, -0.1) is 0 Å². The Hall–Kier alpha value is -2.60. The molecule has 1 aliphatic heterocycles. The van der Waals surface area contributed by atoms with Crippen molar-refractivity contribution in [2.45, 2.75) is 243 Å². The van der Waals surface area contributed by atoms with Gasteiger partial charge in [-0.05, 0) is 77.0 Å². The molecule has 364 valence electrons. The molecule has 6 atom stereocenters. The van der Waals surface area contributed by atoms with Crippen molar-refractivity contribution in [1.82, 2.24) is 0 Å². The largest absolute Gasteiger partial charge is 0.462 e. The monoisotopic (exact) mass is 889 g/mol. The Morgan fingerprint density at radius 3 is 1.46 bits per heavy atom. The normalized spacial score (nSPS) is 20.0. The van der Waals surface area contributed by atoms with Crippen LogP contribution in [-0.2, 0) is 28.5 Å². The zero-order chi connectivity index (χ0) is 45.9. The van der Waals surface area contributed by atoms with Crippen LogP contribution >= 0.6 is 0 Å². The van der Waals surface area contributed by atoms with E-state index < -0.39 is 49.4 Å². The Kier molecular flexibility index (Phi) is 40.2. The van der Waals surface area contributed by atoms with E-state index in [0.717, 1.165) is 64.2 Å². The SMILES string of the molecule is CC/C=C\C/C=C\C/C=C\C/C=C\CCCCC(=O)OC(COC(=O)CCCCCCCCCCCCC/C=C\CCCCCCCCCC)COC1OC(CO)C(O)C(O)C1O. The molecule has 1 rings (SSSR count). The van der Waals surface area contributed by atoms with Crippen molar-refractivity contribution in [3.63, 3.8) is 0 Å². The van der Waals surface area contributed by atoms with E-state index in [1.165, 1.54) is 109 Å². The number of esters is 2. The van der Waals surface area contributed by atoms with Crippen molar-refractivity contribution in [2.24, 2.45) is 0 Å². The molecule has 0 aromatic carbocycles. The summed E-state index contributed by atoms with van der Waals surface area (Å²) >= 11 is 0. The lowest BCUT2D eigenvalue weighted by Gasteiger charge is -2.39. The topological polar surface area (TPSA) is 152 Å². The van der Waals surface area contributed by atoms with Gasteiger partial charge < -0.3 is 39.4 Å². The third kappa shape index (κ3) is 34.4. The first-order valence-corrected chi connectivity index (χ1v) is 25.4. The number of allylic oxidation sites excluding steroid dienone is 10. The molecule has 0 radical (unpaired) electrons. The molecule has 0 aliphatic carbocycles. The maximum atomic E-state index is 12.8. The van der Waals surface area contributed by atoms with Gasteiger partial charge in [0.1, 0.15) is 31.0 Å². The van der Waals surface area contributed by atoms with E-state index in [1.807, 2.05) is 0 Å². The summed E-state index contributed by atoms with van der Waals surface area (Å²) in [6.07, 6.45) is 46.7. The van der Waals surface area contributed by atoms with Crippen LogP contribution in [0.2, 0.25) is 0 Å². The first kappa shape index (κ1) is 58.4. The molecular formula is C53H92O10. The fourth-order valence-electron chi connectivity index (χ4n) is 7.41. The molecule has 0 bridgehead atoms. The Bertz CT molecular complexity index is 1210. The van der Waals surface area contributed by atoms with Gasteiger partial charge in [-0.1, -0.05) is 177 Å². The van der Waals surface area contributed by atoms with Crippen LogP contribution in [0.3, 0.4) is 0 Å². The number of unbranched alkanes of at least 4 members (excludes halogenated alkanes) is 21. The van der Waals surface area contributed by atoms with Gasteiger partial charge in [0.25, 0.3) is 0 Å². The summed E-state index contributed by atoms with van der Waals surface area (Å²) in [5, 5.41) is 40.2. The maximum Gasteiger partial charge on any atom is 0.306 e. The number of carbonyl (C=O) groups excluding carboxylic acids is 2. The van der Waals surface area contributed by atoms with Gasteiger partial charge in [0.15, 0.2) is 12.4 Å². The fourth-order valence-corrected chi connectivity index (χ4v) is 7.41. The van der Waals surface area contributed by atoms with Gasteiger partial charge in [0.05, 0.1) is 13.2 Å². The standard InChI is InChI=1S/C53H92O10/c1-3-5-7-9-11-13-15-17-19-20-21-22-23-24-25-26-28-29-31-33-35-37-39-41-48(55)60-44-46(45-61-53-52(59)51(58)50(57)47(43-54)63-53)62-49(56)42-40-38-36-34-32-30-27-18-16-14-12-10-8-6-4-2/h6,8,12,14,18,20-21,27,32,34,46-47,50-54,57-59H,3-5,7,9-11,13,15-17,19,22-26,28-31,33,35-45H2,1-2H3/b8-6-,14-12-,21-20-,27-18-,34-32-. The van der Waals surface area contributed by atoms with Gasteiger partial charge in [0, 0.05) is 12.8 Å². The quantitative estimate of drug-likeness (QED) is 0.0265. The van der Waals surface area contributed by atoms with Crippen LogP contribution in [0.1, 0.15) is 206 Å². The van der Waals surface area contributed by atoms with Crippen molar-refractivity contribution < 1.29 is 49.0 Å². The van der Waals surface area contributed by atoms with Gasteiger partial charge in [-0.25, -0.2) is 0 Å². The lowest BCUT2D eigenvalue weighted by Crippen LogP contribution is -2.59. The first-order chi connectivity index (χ1) is 30.8. The average Bonchev–Trinajstić information content (AvgIpc) is 3.28. The van der Waals surface area contributed by atoms with E-state index in [2.05, 4.69) is 74.6 Å². The van der Waals surface area contributed by atoms with Crippen LogP contribution in [-0.4, -0.2) is 89.0 Å². The number of hydrogen-bond acceptors (Lipinski definition) is 10. The highest BCUT2D eigenvalue weighted by Gasteiger charge is 2.44. The predicted octanol–water partition coefficient (Wildman–Crippen LogP) is 11.8. The van der Waals surface area contributed by atoms with E-state index in [9.17, 15) is 30.0 Å². The van der Waals surface area contributed by atoms with E-state index in [0.29, 0.717) is 6.42 Å². The minimum atomic E-state index is -1.60. The number of carbonyl (C=O) groups is 2. The number of rotatable bonds is 42. The highest BCUT2D eigenvalue weighted by molar-refractivity contribution is 5.70. The van der Waals surface area contributed by atoms with Crippen LogP contribution in [0.5, 0.6) is 0 Å². The predicted molar refractivity (Wildman–Crippen MR) is 256 cm³/mol. The minimum Gasteiger partial charge on any atom is -0.462 e. The maximum absolute atomic E-state index is 12.8. The molecule has 6 unspecified atom stereocenters. The van der Waals surface area contributed by atoms with Crippen LogP contribution in [0.25, 0.3) is 0 Å². The number of hydrogen-bond donors (Lipinski definition) is 4. The second kappa shape index (κ2) is 43.3. The molecule has 0 aromatic heterocycles. The summed E-state index contributed by atoms with van der Waals surface area (Å²) in [5.41, 5.74) is 0. The summed E-state index contributed by atoms with van der Waals surface area (Å²) in [6, 6.07) is 0. The number of aliphatic hydroxyl groups is 4. The first-order valence-electron chi connectivity index (χ1n) is 25.4. The molecule has 0 spiro atoms. The van der Waals surface area contributed by atoms with Gasteiger partial charge in [0.2, 0.25) is 0 Å². The molecule has 1 aliphatic rings. The van der Waals surface area contributed by atoms with Gasteiger partial charge in [-0.2, -0.15) is 0 Å². The van der Waals surface area contributed by atoms with Crippen molar-refractivity contribution in [1.29, 1.82) is 0 Å². The summed E-state index contributed by atoms with van der Waals surface area (Å²) in [5.74, 6) is -0.855. The van der Waals surface area contributed by atoms with Crippen molar-refractivity contribution >= 4 is 11.9 Å². The Morgan fingerprint density at radius 2 is 0.937 bits per heavy atom. The second-order valence-electron chi connectivity index (χ2n) is 17.2. The highest BCUT2D eigenvalue weighted by Crippen LogP contribution is 2.23. The van der Waals surface area contributed by atoms with E-state index in [-0.39, 0.29) is 32.0 Å². The lowest BCUT2D eigenvalue weighted by molar-refractivity contribution is -0.305. The summed E-state index contributed by atoms with van der Waals surface area (Å²) in [4.78, 5) is 25.4. The van der Waals surface area contributed by atoms with Crippen molar-refractivity contribution in [2.75, 3.05) is 19.8 Å². The molecule has 4 N–H and O–H groups in total. The summed E-state index contributed by atoms with van der Waals surface area (Å²) in [6.45, 7) is 3.28. The molecule has 10 heteroatoms. The fraction of sp³-hybridized carbons (Fsp3) is 0.774. The van der Waals surface area contributed by atoms with Crippen molar-refractivity contribution in [3.8, 4) is 0 Å². The summed E-state index contributed by atoms with van der Waals surface area (Å²) in [7, 11) is 0. The zero-order valence-corrected chi connectivity index (χ0v) is 39.8. The Labute approximate surface area is 383 Å². The number of ether oxygens (including phenoxy) is 4. The smallest absolute Gasteiger partial charge is 0.306 e. The van der Waals surface area contributed by atoms with E-state index in [4.69, 9.17) is 18.9 Å². The van der Waals surface area contributed by atoms with Crippen LogP contribution in [0.15, 0.2) is 60.8 Å². The Morgan fingerprint density at radius 1 is 0.508 bits per heavy atom. The van der Waals surface area contributed by atoms with Gasteiger partial charge in [-0.3, -0.25) is 9.59 Å². The molecule has 0 amide bonds. The second-order valence-corrected chi connectivity index (χ2v) is 17.2. The van der Waals surface area contributed by atoms with Crippen LogP contribution in [0, 0.1) is 0 Å². The van der Waals surface area contributed by atoms with E-state index in [1.54, 1.807) is 0 Å². The molecule has 0 aromatic rings. The third-order valence-electron chi connectivity index (χ3n) is 11.4. The Balaban J connectivity index is 2.26. The number of aliphatic hydroxyl groups excluding tert-OH is 4.